The molecule has 19 heavy (non-hydrogen) atoms. The van der Waals surface area contributed by atoms with Crippen LogP contribution < -0.4 is 15.2 Å². The quantitative estimate of drug-likeness (QED) is 0.830. The second kappa shape index (κ2) is 7.16. The zero-order valence-electron chi connectivity index (χ0n) is 10.5. The molecule has 0 saturated heterocycles. The van der Waals surface area contributed by atoms with E-state index in [1.807, 2.05) is 48.5 Å². The molecule has 2 aromatic rings. The first-order chi connectivity index (χ1) is 9.29. The van der Waals surface area contributed by atoms with Crippen LogP contribution in [0.25, 0.3) is 0 Å². The minimum absolute atomic E-state index is 0.495. The van der Waals surface area contributed by atoms with Crippen molar-refractivity contribution in [1.29, 1.82) is 0 Å². The molecular weight excluding hydrogens is 306 g/mol. The van der Waals surface area contributed by atoms with E-state index in [0.29, 0.717) is 19.8 Å². The van der Waals surface area contributed by atoms with Crippen molar-refractivity contribution in [2.24, 2.45) is 5.73 Å². The van der Waals surface area contributed by atoms with Gasteiger partial charge in [0.15, 0.2) is 0 Å². The molecule has 0 spiro atoms. The molecule has 0 radical (unpaired) electrons. The lowest BCUT2D eigenvalue weighted by molar-refractivity contribution is 0.216. The smallest absolute Gasteiger partial charge is 0.133 e. The van der Waals surface area contributed by atoms with Crippen LogP contribution >= 0.6 is 15.9 Å². The van der Waals surface area contributed by atoms with Gasteiger partial charge in [0, 0.05) is 6.54 Å². The Balaban J connectivity index is 1.79. The van der Waals surface area contributed by atoms with Crippen molar-refractivity contribution in [2.75, 3.05) is 13.2 Å². The van der Waals surface area contributed by atoms with Crippen molar-refractivity contribution in [1.82, 2.24) is 0 Å². The Hall–Kier alpha value is -1.52. The second-order valence-corrected chi connectivity index (χ2v) is 4.83. The molecule has 2 rings (SSSR count). The summed E-state index contributed by atoms with van der Waals surface area (Å²) in [6.07, 6.45) is 0. The normalized spacial score (nSPS) is 10.2. The monoisotopic (exact) mass is 321 g/mol. The SMILES string of the molecule is NCc1cccc(OCCOc2ccccc2Br)c1. The second-order valence-electron chi connectivity index (χ2n) is 3.98. The van der Waals surface area contributed by atoms with Gasteiger partial charge in [-0.3, -0.25) is 0 Å². The first kappa shape index (κ1) is 13.9. The van der Waals surface area contributed by atoms with Crippen LogP contribution in [0.5, 0.6) is 11.5 Å². The molecule has 2 N–H and O–H groups in total. The van der Waals surface area contributed by atoms with Crippen molar-refractivity contribution < 1.29 is 9.47 Å². The average Bonchev–Trinajstić information content (AvgIpc) is 2.45. The fourth-order valence-corrected chi connectivity index (χ4v) is 2.03. The number of halogens is 1. The predicted octanol–water partition coefficient (Wildman–Crippen LogP) is 3.37. The van der Waals surface area contributed by atoms with Gasteiger partial charge in [0.25, 0.3) is 0 Å². The summed E-state index contributed by atoms with van der Waals surface area (Å²) in [5.74, 6) is 1.64. The molecule has 0 heterocycles. The third-order valence-electron chi connectivity index (χ3n) is 2.58. The van der Waals surface area contributed by atoms with Crippen LogP contribution in [0, 0.1) is 0 Å². The van der Waals surface area contributed by atoms with Gasteiger partial charge in [-0.15, -0.1) is 0 Å². The van der Waals surface area contributed by atoms with Gasteiger partial charge in [-0.25, -0.2) is 0 Å². The maximum Gasteiger partial charge on any atom is 0.133 e. The van der Waals surface area contributed by atoms with Gasteiger partial charge in [0.2, 0.25) is 0 Å². The molecule has 0 aliphatic heterocycles. The Labute approximate surface area is 121 Å². The molecule has 4 heteroatoms. The maximum absolute atomic E-state index is 5.62. The molecular formula is C15H16BrNO2. The van der Waals surface area contributed by atoms with Crippen LogP contribution in [0.3, 0.4) is 0 Å². The molecule has 0 bridgehead atoms. The molecule has 3 nitrogen and oxygen atoms in total. The third-order valence-corrected chi connectivity index (χ3v) is 3.24. The van der Waals surface area contributed by atoms with Crippen LogP contribution in [0.4, 0.5) is 0 Å². The number of para-hydroxylation sites is 1. The minimum Gasteiger partial charge on any atom is -0.490 e. The molecule has 0 saturated carbocycles. The van der Waals surface area contributed by atoms with E-state index in [1.54, 1.807) is 0 Å². The number of nitrogens with two attached hydrogens (primary N) is 1. The highest BCUT2D eigenvalue weighted by Gasteiger charge is 2.00. The summed E-state index contributed by atoms with van der Waals surface area (Å²) in [6, 6.07) is 15.5. The summed E-state index contributed by atoms with van der Waals surface area (Å²) >= 11 is 3.43. The summed E-state index contributed by atoms with van der Waals surface area (Å²) in [7, 11) is 0. The van der Waals surface area contributed by atoms with E-state index in [4.69, 9.17) is 15.2 Å². The lowest BCUT2D eigenvalue weighted by Gasteiger charge is -2.10. The lowest BCUT2D eigenvalue weighted by atomic mass is 10.2. The molecule has 0 fully saturated rings. The van der Waals surface area contributed by atoms with E-state index in [9.17, 15) is 0 Å². The van der Waals surface area contributed by atoms with Crippen molar-refractivity contribution in [3.8, 4) is 11.5 Å². The number of ether oxygens (including phenoxy) is 2. The molecule has 100 valence electrons. The standard InChI is InChI=1S/C15H16BrNO2/c16-14-6-1-2-7-15(14)19-9-8-18-13-5-3-4-12(10-13)11-17/h1-7,10H,8-9,11,17H2. The van der Waals surface area contributed by atoms with E-state index in [-0.39, 0.29) is 0 Å². The Morgan fingerprint density at radius 3 is 2.53 bits per heavy atom. The van der Waals surface area contributed by atoms with Gasteiger partial charge in [-0.2, -0.15) is 0 Å². The van der Waals surface area contributed by atoms with E-state index in [0.717, 1.165) is 21.5 Å². The van der Waals surface area contributed by atoms with Gasteiger partial charge in [0.05, 0.1) is 4.47 Å². The highest BCUT2D eigenvalue weighted by Crippen LogP contribution is 2.23. The molecule has 0 aromatic heterocycles. The number of rotatable bonds is 6. The van der Waals surface area contributed by atoms with Gasteiger partial charge >= 0.3 is 0 Å². The summed E-state index contributed by atoms with van der Waals surface area (Å²) in [5, 5.41) is 0. The van der Waals surface area contributed by atoms with E-state index >= 15 is 0 Å². The molecule has 0 atom stereocenters. The number of benzene rings is 2. The number of hydrogen-bond acceptors (Lipinski definition) is 3. The Morgan fingerprint density at radius 2 is 1.74 bits per heavy atom. The lowest BCUT2D eigenvalue weighted by Crippen LogP contribution is -2.09. The van der Waals surface area contributed by atoms with Crippen molar-refractivity contribution in [2.45, 2.75) is 6.54 Å². The topological polar surface area (TPSA) is 44.5 Å². The molecule has 0 amide bonds. The summed E-state index contributed by atoms with van der Waals surface area (Å²) in [5.41, 5.74) is 6.64. The van der Waals surface area contributed by atoms with Crippen LogP contribution in [-0.4, -0.2) is 13.2 Å². The maximum atomic E-state index is 5.62. The van der Waals surface area contributed by atoms with E-state index in [1.165, 1.54) is 0 Å². The first-order valence-electron chi connectivity index (χ1n) is 6.09. The predicted molar refractivity (Wildman–Crippen MR) is 79.5 cm³/mol. The Bertz CT molecular complexity index is 531. The van der Waals surface area contributed by atoms with Crippen molar-refractivity contribution in [3.63, 3.8) is 0 Å². The fraction of sp³-hybridized carbons (Fsp3) is 0.200. The zero-order valence-corrected chi connectivity index (χ0v) is 12.1. The third kappa shape index (κ3) is 4.26. The molecule has 0 aliphatic rings. The Kier molecular flexibility index (Phi) is 5.24. The first-order valence-corrected chi connectivity index (χ1v) is 6.88. The van der Waals surface area contributed by atoms with Gasteiger partial charge in [0.1, 0.15) is 24.7 Å². The van der Waals surface area contributed by atoms with Crippen LogP contribution in [0.1, 0.15) is 5.56 Å². The van der Waals surface area contributed by atoms with Crippen LogP contribution in [-0.2, 0) is 6.54 Å². The van der Waals surface area contributed by atoms with Crippen molar-refractivity contribution in [3.05, 3.63) is 58.6 Å². The Morgan fingerprint density at radius 1 is 0.947 bits per heavy atom. The summed E-state index contributed by atoms with van der Waals surface area (Å²) < 4.78 is 12.2. The molecule has 0 unspecified atom stereocenters. The highest BCUT2D eigenvalue weighted by molar-refractivity contribution is 9.10. The van der Waals surface area contributed by atoms with Crippen LogP contribution in [0.15, 0.2) is 53.0 Å². The van der Waals surface area contributed by atoms with Gasteiger partial charge in [-0.05, 0) is 45.8 Å². The van der Waals surface area contributed by atoms with E-state index < -0.39 is 0 Å². The number of hydrogen-bond donors (Lipinski definition) is 1. The van der Waals surface area contributed by atoms with Crippen LogP contribution in [0.2, 0.25) is 0 Å². The van der Waals surface area contributed by atoms with Gasteiger partial charge < -0.3 is 15.2 Å². The molecule has 0 aliphatic carbocycles. The van der Waals surface area contributed by atoms with Gasteiger partial charge in [-0.1, -0.05) is 24.3 Å². The zero-order chi connectivity index (χ0) is 13.5. The summed E-state index contributed by atoms with van der Waals surface area (Å²) in [4.78, 5) is 0. The van der Waals surface area contributed by atoms with E-state index in [2.05, 4.69) is 15.9 Å². The fourth-order valence-electron chi connectivity index (χ4n) is 1.64. The molecule has 2 aromatic carbocycles. The largest absolute Gasteiger partial charge is 0.490 e. The highest BCUT2D eigenvalue weighted by atomic mass is 79.9. The van der Waals surface area contributed by atoms with Crippen molar-refractivity contribution >= 4 is 15.9 Å². The average molecular weight is 322 g/mol. The minimum atomic E-state index is 0.495. The summed E-state index contributed by atoms with van der Waals surface area (Å²) in [6.45, 7) is 1.51.